The zero-order valence-corrected chi connectivity index (χ0v) is 12.9. The van der Waals surface area contributed by atoms with Crippen LogP contribution in [0.5, 0.6) is 0 Å². The Kier molecular flexibility index (Phi) is 4.81. The van der Waals surface area contributed by atoms with Gasteiger partial charge >= 0.3 is 0 Å². The molecule has 0 radical (unpaired) electrons. The topological polar surface area (TPSA) is 41.4 Å². The molecule has 0 fully saturated rings. The highest BCUT2D eigenvalue weighted by atomic mass is 32.2. The molecule has 0 spiro atoms. The van der Waals surface area contributed by atoms with Gasteiger partial charge in [-0.3, -0.25) is 4.79 Å². The van der Waals surface area contributed by atoms with Gasteiger partial charge in [0.1, 0.15) is 5.50 Å². The molecule has 0 saturated heterocycles. The highest BCUT2D eigenvalue weighted by Gasteiger charge is 2.21. The minimum absolute atomic E-state index is 0.224. The van der Waals surface area contributed by atoms with Crippen LogP contribution in [0, 0.1) is 0 Å². The first-order valence-electron chi connectivity index (χ1n) is 5.93. The van der Waals surface area contributed by atoms with Crippen molar-refractivity contribution >= 4 is 29.3 Å². The van der Waals surface area contributed by atoms with Gasteiger partial charge in [-0.1, -0.05) is 11.8 Å². The van der Waals surface area contributed by atoms with E-state index in [4.69, 9.17) is 0 Å². The molecule has 1 aliphatic rings. The second kappa shape index (κ2) is 6.38. The number of imidazole rings is 1. The normalized spacial score (nSPS) is 15.5. The fourth-order valence-electron chi connectivity index (χ4n) is 1.73. The van der Waals surface area contributed by atoms with Crippen molar-refractivity contribution in [2.24, 2.45) is 7.05 Å². The number of Topliss-reactive ketones (excluding diaryl/α,β-unsaturated/α-hetero) is 1. The largest absolute Gasteiger partial charge is 0.351 e. The molecule has 2 rings (SSSR count). The number of ketones is 1. The quantitative estimate of drug-likeness (QED) is 0.741. The van der Waals surface area contributed by atoms with E-state index >= 15 is 0 Å². The van der Waals surface area contributed by atoms with Crippen LogP contribution >= 0.6 is 23.5 Å². The second-order valence-corrected chi connectivity index (χ2v) is 6.40. The van der Waals surface area contributed by atoms with Crippen molar-refractivity contribution in [1.82, 2.24) is 19.4 Å². The lowest BCUT2D eigenvalue weighted by Crippen LogP contribution is -2.31. The lowest BCUT2D eigenvalue weighted by Gasteiger charge is -2.26. The first kappa shape index (κ1) is 14.3. The molecule has 0 atom stereocenters. The van der Waals surface area contributed by atoms with Crippen molar-refractivity contribution in [3.63, 3.8) is 0 Å². The Morgan fingerprint density at radius 1 is 1.26 bits per heavy atom. The number of hydrogen-bond donors (Lipinski definition) is 0. The van der Waals surface area contributed by atoms with Crippen LogP contribution in [0.1, 0.15) is 0 Å². The molecular formula is C12H18N4OS2. The average molecular weight is 298 g/mol. The fraction of sp³-hybridized carbons (Fsp3) is 0.500. The average Bonchev–Trinajstić information content (AvgIpc) is 2.92. The van der Waals surface area contributed by atoms with Gasteiger partial charge in [0.25, 0.3) is 0 Å². The van der Waals surface area contributed by atoms with Crippen molar-refractivity contribution in [1.29, 1.82) is 0 Å². The summed E-state index contributed by atoms with van der Waals surface area (Å²) in [6.07, 6.45) is 7.67. The maximum absolute atomic E-state index is 11.9. The van der Waals surface area contributed by atoms with Crippen molar-refractivity contribution in [2.45, 2.75) is 10.7 Å². The molecule has 2 heterocycles. The monoisotopic (exact) mass is 298 g/mol. The van der Waals surface area contributed by atoms with Gasteiger partial charge in [0.05, 0.1) is 11.5 Å². The Morgan fingerprint density at radius 2 is 1.95 bits per heavy atom. The Hall–Kier alpha value is -1.08. The van der Waals surface area contributed by atoms with Gasteiger partial charge in [0.15, 0.2) is 10.9 Å². The van der Waals surface area contributed by atoms with Crippen LogP contribution in [0.15, 0.2) is 30.0 Å². The van der Waals surface area contributed by atoms with E-state index in [1.165, 1.54) is 11.8 Å². The Labute approximate surface area is 122 Å². The van der Waals surface area contributed by atoms with Gasteiger partial charge in [0.2, 0.25) is 0 Å². The van der Waals surface area contributed by atoms with E-state index in [-0.39, 0.29) is 11.3 Å². The minimum Gasteiger partial charge on any atom is -0.351 e. The van der Waals surface area contributed by atoms with Gasteiger partial charge in [-0.25, -0.2) is 4.98 Å². The zero-order chi connectivity index (χ0) is 13.8. The molecule has 0 aromatic carbocycles. The number of nitrogens with zero attached hydrogens (tertiary/aromatic N) is 4. The third-order valence-electron chi connectivity index (χ3n) is 2.77. The number of carbonyl (C=O) groups is 1. The van der Waals surface area contributed by atoms with E-state index in [2.05, 4.69) is 14.8 Å². The molecule has 0 amide bonds. The SMILES string of the molecule is CN1C=CN(C)C1SCC(=O)CSc1nccn1C. The minimum atomic E-state index is 0.224. The Balaban J connectivity index is 1.72. The first-order valence-corrected chi connectivity index (χ1v) is 7.97. The molecule has 1 aromatic rings. The van der Waals surface area contributed by atoms with Gasteiger partial charge < -0.3 is 14.4 Å². The van der Waals surface area contributed by atoms with Gasteiger partial charge in [-0.05, 0) is 0 Å². The summed E-state index contributed by atoms with van der Waals surface area (Å²) in [6, 6.07) is 0. The molecular weight excluding hydrogens is 280 g/mol. The van der Waals surface area contributed by atoms with E-state index in [0.29, 0.717) is 11.5 Å². The summed E-state index contributed by atoms with van der Waals surface area (Å²) in [5.74, 6) is 1.25. The first-order chi connectivity index (χ1) is 9.08. The van der Waals surface area contributed by atoms with Crippen molar-refractivity contribution in [3.8, 4) is 0 Å². The van der Waals surface area contributed by atoms with Gasteiger partial charge in [-0.15, -0.1) is 11.8 Å². The standard InChI is InChI=1S/C12H18N4OS2/c1-14-5-4-13-11(14)18-8-10(17)9-19-12-15(2)6-7-16(12)3/h4-7,12H,8-9H2,1-3H3. The molecule has 1 aliphatic heterocycles. The number of aromatic nitrogens is 2. The fourth-order valence-corrected chi connectivity index (χ4v) is 3.69. The molecule has 104 valence electrons. The van der Waals surface area contributed by atoms with E-state index in [1.54, 1.807) is 18.0 Å². The molecule has 1 aromatic heterocycles. The number of aryl methyl sites for hydroxylation is 1. The summed E-state index contributed by atoms with van der Waals surface area (Å²) in [4.78, 5) is 20.3. The summed E-state index contributed by atoms with van der Waals surface area (Å²) in [7, 11) is 5.97. The predicted octanol–water partition coefficient (Wildman–Crippen LogP) is 1.45. The van der Waals surface area contributed by atoms with Crippen LogP contribution in [0.25, 0.3) is 0 Å². The lowest BCUT2D eigenvalue weighted by atomic mass is 10.5. The zero-order valence-electron chi connectivity index (χ0n) is 11.3. The third kappa shape index (κ3) is 3.70. The maximum Gasteiger partial charge on any atom is 0.168 e. The third-order valence-corrected chi connectivity index (χ3v) is 5.34. The number of hydrogen-bond acceptors (Lipinski definition) is 6. The van der Waals surface area contributed by atoms with E-state index < -0.39 is 0 Å². The van der Waals surface area contributed by atoms with Crippen LogP contribution in [0.4, 0.5) is 0 Å². The molecule has 0 bridgehead atoms. The Bertz CT molecular complexity index is 462. The van der Waals surface area contributed by atoms with Crippen LogP contribution in [-0.2, 0) is 11.8 Å². The molecule has 5 nitrogen and oxygen atoms in total. The number of carbonyl (C=O) groups excluding carboxylic acids is 1. The summed E-state index contributed by atoms with van der Waals surface area (Å²) < 4.78 is 1.92. The molecule has 0 N–H and O–H groups in total. The summed E-state index contributed by atoms with van der Waals surface area (Å²) in [6.45, 7) is 0. The molecule has 0 aliphatic carbocycles. The van der Waals surface area contributed by atoms with E-state index in [1.807, 2.05) is 44.3 Å². The van der Waals surface area contributed by atoms with Crippen LogP contribution in [-0.4, -0.2) is 56.2 Å². The summed E-state index contributed by atoms with van der Waals surface area (Å²) in [5.41, 5.74) is 0.224. The van der Waals surface area contributed by atoms with E-state index in [9.17, 15) is 4.79 Å². The molecule has 0 saturated carbocycles. The Morgan fingerprint density at radius 3 is 2.53 bits per heavy atom. The summed E-state index contributed by atoms with van der Waals surface area (Å²) >= 11 is 3.14. The van der Waals surface area contributed by atoms with Crippen LogP contribution in [0.2, 0.25) is 0 Å². The van der Waals surface area contributed by atoms with Crippen molar-refractivity contribution < 1.29 is 4.79 Å². The highest BCUT2D eigenvalue weighted by Crippen LogP contribution is 2.23. The van der Waals surface area contributed by atoms with Crippen LogP contribution < -0.4 is 0 Å². The molecule has 7 heteroatoms. The van der Waals surface area contributed by atoms with Gasteiger partial charge in [0, 0.05) is 45.9 Å². The lowest BCUT2D eigenvalue weighted by molar-refractivity contribution is -0.114. The maximum atomic E-state index is 11.9. The summed E-state index contributed by atoms with van der Waals surface area (Å²) in [5, 5.41) is 0.884. The van der Waals surface area contributed by atoms with Crippen molar-refractivity contribution in [3.05, 3.63) is 24.8 Å². The number of rotatable bonds is 6. The van der Waals surface area contributed by atoms with E-state index in [0.717, 1.165) is 5.16 Å². The predicted molar refractivity (Wildman–Crippen MR) is 79.9 cm³/mol. The molecule has 0 unspecified atom stereocenters. The highest BCUT2D eigenvalue weighted by molar-refractivity contribution is 8.01. The number of thioether (sulfide) groups is 2. The van der Waals surface area contributed by atoms with Gasteiger partial charge in [-0.2, -0.15) is 0 Å². The smallest absolute Gasteiger partial charge is 0.168 e. The second-order valence-electron chi connectivity index (χ2n) is 4.41. The molecule has 19 heavy (non-hydrogen) atoms. The van der Waals surface area contributed by atoms with Crippen molar-refractivity contribution in [2.75, 3.05) is 25.6 Å². The van der Waals surface area contributed by atoms with Crippen LogP contribution in [0.3, 0.4) is 0 Å².